The van der Waals surface area contributed by atoms with Crippen LogP contribution in [0.3, 0.4) is 0 Å². The van der Waals surface area contributed by atoms with Crippen LogP contribution in [0.15, 0.2) is 60.8 Å². The summed E-state index contributed by atoms with van der Waals surface area (Å²) in [7, 11) is 1.65. The van der Waals surface area contributed by atoms with Crippen molar-refractivity contribution in [1.82, 2.24) is 19.9 Å². The first kappa shape index (κ1) is 18.7. The molecule has 4 aromatic rings. The first-order chi connectivity index (χ1) is 14.1. The topological polar surface area (TPSA) is 75.7 Å². The summed E-state index contributed by atoms with van der Waals surface area (Å²) in [4.78, 5) is 16.8. The molecule has 146 valence electrons. The van der Waals surface area contributed by atoms with Crippen LogP contribution in [0.2, 0.25) is 0 Å². The van der Waals surface area contributed by atoms with E-state index in [0.29, 0.717) is 5.95 Å². The van der Waals surface area contributed by atoms with Crippen molar-refractivity contribution in [2.24, 2.45) is 0 Å². The van der Waals surface area contributed by atoms with E-state index >= 15 is 0 Å². The van der Waals surface area contributed by atoms with Gasteiger partial charge < -0.3 is 15.0 Å². The predicted molar refractivity (Wildman–Crippen MR) is 115 cm³/mol. The monoisotopic (exact) mass is 385 g/mol. The number of aromatic nitrogens is 4. The number of hydrogen-bond donors (Lipinski definition) is 2. The third-order valence-corrected chi connectivity index (χ3v) is 4.55. The van der Waals surface area contributed by atoms with Crippen LogP contribution in [0.4, 0.5) is 11.6 Å². The number of nitrogens with zero attached hydrogens (tertiary/aromatic N) is 3. The highest BCUT2D eigenvalue weighted by molar-refractivity contribution is 5.70. The van der Waals surface area contributed by atoms with Crippen molar-refractivity contribution in [3.05, 3.63) is 83.4 Å². The second-order valence-corrected chi connectivity index (χ2v) is 6.94. The Labute approximate surface area is 170 Å². The molecule has 0 radical (unpaired) electrons. The van der Waals surface area contributed by atoms with Gasteiger partial charge in [-0.15, -0.1) is 0 Å². The summed E-state index contributed by atoms with van der Waals surface area (Å²) in [6.45, 7) is 3.95. The third kappa shape index (κ3) is 4.43. The Hall–Kier alpha value is -3.67. The Morgan fingerprint density at radius 2 is 1.83 bits per heavy atom. The maximum Gasteiger partial charge on any atom is 0.227 e. The lowest BCUT2D eigenvalue weighted by atomic mass is 10.1. The van der Waals surface area contributed by atoms with E-state index in [4.69, 9.17) is 4.74 Å². The summed E-state index contributed by atoms with van der Waals surface area (Å²) >= 11 is 0. The summed E-state index contributed by atoms with van der Waals surface area (Å²) in [6.07, 6.45) is 2.56. The van der Waals surface area contributed by atoms with Gasteiger partial charge in [0.15, 0.2) is 0 Å². The number of nitrogens with one attached hydrogen (secondary N) is 2. The van der Waals surface area contributed by atoms with Gasteiger partial charge in [-0.2, -0.15) is 0 Å². The molecule has 0 saturated carbocycles. The highest BCUT2D eigenvalue weighted by Crippen LogP contribution is 2.31. The molecule has 0 spiro atoms. The molecule has 0 amide bonds. The minimum Gasteiger partial charge on any atom is -0.496 e. The number of rotatable bonds is 6. The Morgan fingerprint density at radius 3 is 2.55 bits per heavy atom. The van der Waals surface area contributed by atoms with Crippen molar-refractivity contribution in [3.8, 4) is 17.1 Å². The molecule has 6 nitrogen and oxygen atoms in total. The quantitative estimate of drug-likeness (QED) is 0.497. The van der Waals surface area contributed by atoms with E-state index in [1.165, 1.54) is 5.56 Å². The number of benzene rings is 2. The smallest absolute Gasteiger partial charge is 0.227 e. The fourth-order valence-corrected chi connectivity index (χ4v) is 3.23. The van der Waals surface area contributed by atoms with Crippen molar-refractivity contribution in [2.45, 2.75) is 20.3 Å². The zero-order chi connectivity index (χ0) is 20.2. The molecule has 2 aromatic carbocycles. The molecule has 2 N–H and O–H groups in total. The minimum atomic E-state index is 0.569. The maximum absolute atomic E-state index is 5.57. The number of H-pyrrole nitrogens is 1. The molecular formula is C23H23N5O. The number of ether oxygens (including phenoxy) is 1. The summed E-state index contributed by atoms with van der Waals surface area (Å²) in [6, 6.07) is 18.2. The molecule has 4 rings (SSSR count). The Kier molecular flexibility index (Phi) is 5.24. The minimum absolute atomic E-state index is 0.569. The highest BCUT2D eigenvalue weighted by atomic mass is 16.5. The van der Waals surface area contributed by atoms with Gasteiger partial charge in [-0.1, -0.05) is 30.3 Å². The molecule has 0 aliphatic carbocycles. The van der Waals surface area contributed by atoms with Crippen LogP contribution in [0.25, 0.3) is 11.4 Å². The van der Waals surface area contributed by atoms with Crippen LogP contribution in [0, 0.1) is 13.8 Å². The molecule has 0 saturated heterocycles. The Balaban J connectivity index is 1.59. The van der Waals surface area contributed by atoms with Crippen LogP contribution >= 0.6 is 0 Å². The van der Waals surface area contributed by atoms with Crippen molar-refractivity contribution in [2.75, 3.05) is 12.4 Å². The average molecular weight is 385 g/mol. The van der Waals surface area contributed by atoms with Crippen LogP contribution in [0.5, 0.6) is 5.75 Å². The zero-order valence-corrected chi connectivity index (χ0v) is 16.7. The van der Waals surface area contributed by atoms with E-state index in [1.807, 2.05) is 56.3 Å². The van der Waals surface area contributed by atoms with E-state index in [0.717, 1.165) is 46.3 Å². The van der Waals surface area contributed by atoms with Crippen molar-refractivity contribution >= 4 is 11.6 Å². The van der Waals surface area contributed by atoms with Gasteiger partial charge in [0.1, 0.15) is 11.6 Å². The Morgan fingerprint density at radius 1 is 1.00 bits per heavy atom. The van der Waals surface area contributed by atoms with E-state index < -0.39 is 0 Å². The number of hydrogen-bond acceptors (Lipinski definition) is 5. The second-order valence-electron chi connectivity index (χ2n) is 6.94. The largest absolute Gasteiger partial charge is 0.496 e. The summed E-state index contributed by atoms with van der Waals surface area (Å²) in [5, 5.41) is 3.30. The average Bonchev–Trinajstić information content (AvgIpc) is 3.14. The Bertz CT molecular complexity index is 1120. The molecule has 0 unspecified atom stereocenters. The van der Waals surface area contributed by atoms with Crippen LogP contribution in [-0.4, -0.2) is 27.0 Å². The van der Waals surface area contributed by atoms with Crippen LogP contribution in [0.1, 0.15) is 22.6 Å². The van der Waals surface area contributed by atoms with E-state index in [1.54, 1.807) is 13.3 Å². The van der Waals surface area contributed by atoms with Crippen molar-refractivity contribution < 1.29 is 4.74 Å². The predicted octanol–water partition coefficient (Wildman–Crippen LogP) is 4.83. The molecule has 0 aliphatic heterocycles. The van der Waals surface area contributed by atoms with Gasteiger partial charge in [0, 0.05) is 35.8 Å². The normalized spacial score (nSPS) is 10.7. The van der Waals surface area contributed by atoms with E-state index in [2.05, 4.69) is 37.4 Å². The number of aryl methyl sites for hydroxylation is 2. The number of anilines is 2. The van der Waals surface area contributed by atoms with Crippen LogP contribution < -0.4 is 10.1 Å². The van der Waals surface area contributed by atoms with Gasteiger partial charge in [0.05, 0.1) is 18.4 Å². The molecule has 29 heavy (non-hydrogen) atoms. The lowest BCUT2D eigenvalue weighted by Crippen LogP contribution is -2.03. The molecule has 0 bridgehead atoms. The molecular weight excluding hydrogens is 362 g/mol. The van der Waals surface area contributed by atoms with Crippen molar-refractivity contribution in [1.29, 1.82) is 0 Å². The molecule has 0 aliphatic rings. The van der Waals surface area contributed by atoms with Crippen LogP contribution in [-0.2, 0) is 6.42 Å². The molecule has 6 heteroatoms. The summed E-state index contributed by atoms with van der Waals surface area (Å²) in [5.41, 5.74) is 5.87. The molecule has 0 atom stereocenters. The van der Waals surface area contributed by atoms with E-state index in [9.17, 15) is 0 Å². The number of aromatic amines is 1. The first-order valence-corrected chi connectivity index (χ1v) is 9.46. The van der Waals surface area contributed by atoms with Gasteiger partial charge >= 0.3 is 0 Å². The molecule has 0 fully saturated rings. The number of methoxy groups -OCH3 is 1. The van der Waals surface area contributed by atoms with Crippen molar-refractivity contribution in [3.63, 3.8) is 0 Å². The summed E-state index contributed by atoms with van der Waals surface area (Å²) < 4.78 is 5.57. The maximum atomic E-state index is 5.57. The van der Waals surface area contributed by atoms with Gasteiger partial charge in [0.2, 0.25) is 5.95 Å². The fourth-order valence-electron chi connectivity index (χ4n) is 3.23. The van der Waals surface area contributed by atoms with E-state index in [-0.39, 0.29) is 0 Å². The number of imidazole rings is 1. The lowest BCUT2D eigenvalue weighted by molar-refractivity contribution is 0.416. The SMILES string of the molecule is COc1cc(Nc2nc(C)cc(Cc3ccccc3)n2)ccc1-c1ncc(C)[nH]1. The second kappa shape index (κ2) is 8.14. The highest BCUT2D eigenvalue weighted by Gasteiger charge is 2.11. The van der Waals surface area contributed by atoms with Gasteiger partial charge in [0.25, 0.3) is 0 Å². The molecule has 2 heterocycles. The standard InChI is InChI=1S/C23H23N5O/c1-15-11-19(12-17-7-5-4-6-8-17)28-23(26-15)27-18-9-10-20(21(13-18)29-3)22-24-14-16(2)25-22/h4-11,13-14H,12H2,1-3H3,(H,24,25)(H,26,27,28). The first-order valence-electron chi connectivity index (χ1n) is 9.46. The molecule has 2 aromatic heterocycles. The third-order valence-electron chi connectivity index (χ3n) is 4.55. The lowest BCUT2D eigenvalue weighted by Gasteiger charge is -2.12. The van der Waals surface area contributed by atoms with Gasteiger partial charge in [-0.25, -0.2) is 15.0 Å². The van der Waals surface area contributed by atoms with Gasteiger partial charge in [-0.3, -0.25) is 0 Å². The summed E-state index contributed by atoms with van der Waals surface area (Å²) in [5.74, 6) is 2.07. The van der Waals surface area contributed by atoms with Gasteiger partial charge in [-0.05, 0) is 37.6 Å². The fraction of sp³-hybridized carbons (Fsp3) is 0.174. The zero-order valence-electron chi connectivity index (χ0n) is 16.7.